The van der Waals surface area contributed by atoms with E-state index in [0.29, 0.717) is 90.9 Å². The van der Waals surface area contributed by atoms with Crippen LogP contribution in [0.3, 0.4) is 0 Å². The van der Waals surface area contributed by atoms with E-state index in [0.717, 1.165) is 99.5 Å². The number of aromatic nitrogens is 4. The first kappa shape index (κ1) is 72.1. The molecule has 11 rings (SSSR count). The fourth-order valence-corrected chi connectivity index (χ4v) is 15.3. The van der Waals surface area contributed by atoms with Crippen LogP contribution in [0.15, 0.2) is 36.4 Å². The Hall–Kier alpha value is -5.69. The third-order valence-electron chi connectivity index (χ3n) is 20.3. The molecule has 3 aliphatic carbocycles. The van der Waals surface area contributed by atoms with Gasteiger partial charge in [0, 0.05) is 49.2 Å². The van der Waals surface area contributed by atoms with Crippen molar-refractivity contribution in [2.24, 2.45) is 46.3 Å². The smallest absolute Gasteiger partial charge is 0.408 e. The van der Waals surface area contributed by atoms with Crippen LogP contribution in [0.1, 0.15) is 184 Å². The van der Waals surface area contributed by atoms with E-state index in [9.17, 15) is 28.8 Å². The first-order chi connectivity index (χ1) is 43.1. The van der Waals surface area contributed by atoms with Gasteiger partial charge in [-0.05, 0) is 162 Å². The summed E-state index contributed by atoms with van der Waals surface area (Å²) in [6, 6.07) is 7.94. The molecule has 22 heteroatoms. The first-order valence-electron chi connectivity index (χ1n) is 33.6. The molecule has 500 valence electrons. The van der Waals surface area contributed by atoms with Crippen molar-refractivity contribution in [2.75, 3.05) is 26.3 Å². The quantitative estimate of drug-likeness (QED) is 0.156. The molecule has 2 radical (unpaired) electrons. The Balaban J connectivity index is 0.000000232. The minimum Gasteiger partial charge on any atom is -0.540 e. The topological polar surface area (TPSA) is 240 Å². The van der Waals surface area contributed by atoms with E-state index in [-0.39, 0.29) is 85.9 Å². The van der Waals surface area contributed by atoms with Crippen molar-refractivity contribution in [3.63, 3.8) is 0 Å². The second-order valence-corrected chi connectivity index (χ2v) is 28.6. The van der Waals surface area contributed by atoms with Gasteiger partial charge in [-0.15, -0.1) is 0 Å². The zero-order valence-corrected chi connectivity index (χ0v) is 58.6. The maximum atomic E-state index is 14.2. The normalized spacial score (nSPS) is 30.4. The van der Waals surface area contributed by atoms with E-state index in [1.807, 2.05) is 113 Å². The zero-order valence-electron chi connectivity index (χ0n) is 55.8. The third kappa shape index (κ3) is 16.2. The first-order valence-corrected chi connectivity index (χ1v) is 33.6. The molecule has 4 aromatic rings. The van der Waals surface area contributed by atoms with E-state index in [1.165, 1.54) is 16.2 Å². The van der Waals surface area contributed by atoms with E-state index in [1.54, 1.807) is 0 Å². The van der Waals surface area contributed by atoms with Gasteiger partial charge in [0.1, 0.15) is 58.9 Å². The summed E-state index contributed by atoms with van der Waals surface area (Å²) in [5.41, 5.74) is 2.56. The van der Waals surface area contributed by atoms with Crippen LogP contribution in [0, 0.1) is 46.3 Å². The number of carbonyl (C=O) groups is 4. The van der Waals surface area contributed by atoms with Crippen molar-refractivity contribution in [1.29, 1.82) is 0 Å². The monoisotopic (exact) mass is 1340 g/mol. The average molecular weight is 1340 g/mol. The molecule has 7 aliphatic rings. The van der Waals surface area contributed by atoms with Crippen LogP contribution in [0.25, 0.3) is 22.1 Å². The summed E-state index contributed by atoms with van der Waals surface area (Å²) in [6.07, 6.45) is 17.3. The summed E-state index contributed by atoms with van der Waals surface area (Å²) in [5.74, 6) is 2.84. The van der Waals surface area contributed by atoms with E-state index in [2.05, 4.69) is 23.2 Å². The standard InChI is InChI=1S/C35H47N4O6.C35H49N4O6.2V/c1-6-22-28(19-40)39-18-30(22)44-32-26(36-25-14-13-21(43-7-2)17-27(25)37-32)12-10-8-9-11-23-24-15-20(24)16-29(23)45-34(42)38-31(33(39)41)35(3,4)5;1-7-24-28(21-40)39-20-29(24)44-31-26(36-25-17-16-23(43-8-2)19-27(25)37-31)15-11-9-10-13-22-14-12-18-35(22,6)45-33(42)38-30(32(39)41)34(3,4)5;;/h13-14,17,20,22-24,28-31H,6-12,15-16,18H2,1-5H3,(H,38,42);16-17,19,22,24,28-30H,7-15,18,20H2,1-6H3,(H,38,42);;/q2*-1;;/t20?,22-,23+,24?,28+,29+,30-,31+;22-,24+,28-,29+,30-,35-;;/m01../s1. The van der Waals surface area contributed by atoms with Gasteiger partial charge in [0.2, 0.25) is 23.6 Å². The predicted molar refractivity (Wildman–Crippen MR) is 339 cm³/mol. The Morgan fingerprint density at radius 2 is 1.05 bits per heavy atom. The van der Waals surface area contributed by atoms with Gasteiger partial charge in [-0.1, -0.05) is 106 Å². The van der Waals surface area contributed by atoms with Crippen molar-refractivity contribution in [1.82, 2.24) is 40.4 Å². The second-order valence-electron chi connectivity index (χ2n) is 28.6. The molecule has 2 unspecified atom stereocenters. The molecule has 4 bridgehead atoms. The summed E-state index contributed by atoms with van der Waals surface area (Å²) < 4.78 is 36.8. The third-order valence-corrected chi connectivity index (χ3v) is 20.3. The van der Waals surface area contributed by atoms with Crippen LogP contribution in [0.2, 0.25) is 0 Å². The Kier molecular flexibility index (Phi) is 24.2. The molecule has 20 nitrogen and oxygen atoms in total. The van der Waals surface area contributed by atoms with Gasteiger partial charge in [-0.3, -0.25) is 9.59 Å². The van der Waals surface area contributed by atoms with Crippen LogP contribution in [0.5, 0.6) is 23.3 Å². The van der Waals surface area contributed by atoms with Gasteiger partial charge in [0.05, 0.1) is 48.4 Å². The largest absolute Gasteiger partial charge is 0.540 e. The molecule has 4 aliphatic heterocycles. The molecule has 14 atom stereocenters. The predicted octanol–water partition coefficient (Wildman–Crippen LogP) is 11.3. The van der Waals surface area contributed by atoms with Gasteiger partial charge >= 0.3 is 12.2 Å². The average Bonchev–Trinajstić information content (AvgIpc) is 1.59. The molecule has 2 aromatic heterocycles. The Morgan fingerprint density at radius 3 is 1.52 bits per heavy atom. The van der Waals surface area contributed by atoms with Crippen LogP contribution in [-0.2, 0) is 78.6 Å². The fourth-order valence-electron chi connectivity index (χ4n) is 15.3. The summed E-state index contributed by atoms with van der Waals surface area (Å²) in [4.78, 5) is 103. The fraction of sp³-hybridized carbons (Fsp3) is 0.686. The molecule has 92 heavy (non-hydrogen) atoms. The number of nitrogens with one attached hydrogen (secondary N) is 2. The number of hydrogen-bond donors (Lipinski definition) is 2. The Morgan fingerprint density at radius 1 is 0.576 bits per heavy atom. The molecule has 5 fully saturated rings. The molecule has 4 amide bonds. The van der Waals surface area contributed by atoms with E-state index < -0.39 is 65.0 Å². The van der Waals surface area contributed by atoms with Crippen molar-refractivity contribution < 1.29 is 94.3 Å². The SMILES string of the molecule is CCOc1ccc2nc3c(nc2c1)O[C@H]1CN(C(=O)[C@H](C(C)(C)C)NC(=O)O[C@@H]2CC4CC4[C@H]2CCCCC3)[C@H]([C-]=O)[C@@H]1CC.CCOc1ccc2nc3c(nc2c1)O[C@H]1CN(C(=O)[C@H](C(C)(C)C)NC(=O)O[C@]2(C)CCC[C@H]2CCCCC3)[C@H]([C-]=O)[C@@H]1CC.[V].[V]. The van der Waals surface area contributed by atoms with Gasteiger partial charge < -0.3 is 58.4 Å². The second kappa shape index (κ2) is 30.8. The molecule has 6 heterocycles. The molecule has 3 saturated carbocycles. The maximum Gasteiger partial charge on any atom is 0.408 e. The molecular weight excluding hydrogens is 1250 g/mol. The van der Waals surface area contributed by atoms with Crippen LogP contribution >= 0.6 is 0 Å². The van der Waals surface area contributed by atoms with Crippen LogP contribution < -0.4 is 29.6 Å². The van der Waals surface area contributed by atoms with Crippen LogP contribution in [-0.4, -0.2) is 141 Å². The number of fused-ring (bicyclic) bond motifs is 12. The molecule has 0 spiro atoms. The minimum absolute atomic E-state index is 0. The van der Waals surface area contributed by atoms with Crippen molar-refractivity contribution in [3.8, 4) is 23.3 Å². The number of ether oxygens (including phenoxy) is 6. The molecule has 2 N–H and O–H groups in total. The van der Waals surface area contributed by atoms with Gasteiger partial charge in [-0.25, -0.2) is 42.1 Å². The maximum absolute atomic E-state index is 14.2. The number of rotatable bonds is 8. The molecular formula is C70H96N8O12V2-2. The van der Waals surface area contributed by atoms with Gasteiger partial charge in [0.15, 0.2) is 0 Å². The number of nitrogens with zero attached hydrogens (tertiary/aromatic N) is 6. The summed E-state index contributed by atoms with van der Waals surface area (Å²) in [5, 5.41) is 5.81. The summed E-state index contributed by atoms with van der Waals surface area (Å²) >= 11 is 0. The van der Waals surface area contributed by atoms with E-state index in [4.69, 9.17) is 48.4 Å². The number of amides is 4. The van der Waals surface area contributed by atoms with Crippen molar-refractivity contribution in [2.45, 2.75) is 233 Å². The summed E-state index contributed by atoms with van der Waals surface area (Å²) in [6.45, 7) is 22.7. The minimum atomic E-state index is -0.910. The van der Waals surface area contributed by atoms with Crippen LogP contribution in [0.4, 0.5) is 9.59 Å². The molecule has 2 aromatic carbocycles. The Bertz CT molecular complexity index is 3150. The summed E-state index contributed by atoms with van der Waals surface area (Å²) in [7, 11) is 0. The van der Waals surface area contributed by atoms with Crippen molar-refractivity contribution in [3.05, 3.63) is 47.8 Å². The number of hydrogen-bond acceptors (Lipinski definition) is 16. The number of benzene rings is 2. The van der Waals surface area contributed by atoms with Gasteiger partial charge in [0.25, 0.3) is 0 Å². The van der Waals surface area contributed by atoms with E-state index >= 15 is 0 Å². The number of aryl methyl sites for hydroxylation is 2. The van der Waals surface area contributed by atoms with Gasteiger partial charge in [-0.2, -0.15) is 0 Å². The molecule has 2 saturated heterocycles. The number of carbonyl (C=O) groups excluding carboxylic acids is 6. The zero-order chi connectivity index (χ0) is 64.2. The van der Waals surface area contributed by atoms with Crippen molar-refractivity contribution >= 4 is 58.6 Å². The number of alkyl carbamates (subject to hydrolysis) is 2. The Labute approximate surface area is 567 Å².